The molecule has 0 heterocycles. The van der Waals surface area contributed by atoms with Gasteiger partial charge in [-0.2, -0.15) is 0 Å². The number of unbranched alkanes of at least 4 members (excludes halogenated alkanes) is 17. The van der Waals surface area contributed by atoms with Crippen LogP contribution in [0.1, 0.15) is 201 Å². The number of carbonyl (C=O) groups is 3. The second kappa shape index (κ2) is 41.9. The highest BCUT2D eigenvalue weighted by Crippen LogP contribution is 2.12. The van der Waals surface area contributed by atoms with Gasteiger partial charge in [0, 0.05) is 19.3 Å². The molecule has 0 saturated heterocycles. The maximum atomic E-state index is 12.7. The fraction of sp³-hybridized carbons (Fsp3) is 0.723. The minimum absolute atomic E-state index is 0.0990. The van der Waals surface area contributed by atoms with E-state index in [1.807, 2.05) is 0 Å². The van der Waals surface area contributed by atoms with Gasteiger partial charge in [0.1, 0.15) is 13.2 Å². The van der Waals surface area contributed by atoms with Crippen molar-refractivity contribution in [2.24, 2.45) is 0 Å². The Labute approximate surface area is 326 Å². The molecule has 0 amide bonds. The number of hydrogen-bond acceptors (Lipinski definition) is 6. The van der Waals surface area contributed by atoms with Crippen molar-refractivity contribution in [1.82, 2.24) is 0 Å². The fourth-order valence-corrected chi connectivity index (χ4v) is 5.74. The van der Waals surface area contributed by atoms with Gasteiger partial charge in [-0.15, -0.1) is 0 Å². The summed E-state index contributed by atoms with van der Waals surface area (Å²) in [6.07, 6.45) is 49.3. The number of rotatable bonds is 38. The average Bonchev–Trinajstić information content (AvgIpc) is 3.15. The second-order valence-electron chi connectivity index (χ2n) is 14.2. The normalized spacial score (nSPS) is 12.6. The van der Waals surface area contributed by atoms with Crippen LogP contribution >= 0.6 is 0 Å². The van der Waals surface area contributed by atoms with Crippen LogP contribution in [0.25, 0.3) is 0 Å². The lowest BCUT2D eigenvalue weighted by molar-refractivity contribution is -0.167. The Hall–Kier alpha value is -2.89. The van der Waals surface area contributed by atoms with Crippen LogP contribution in [-0.4, -0.2) is 37.2 Å². The molecule has 1 atom stereocenters. The van der Waals surface area contributed by atoms with E-state index in [0.717, 1.165) is 116 Å². The molecule has 0 fully saturated rings. The van der Waals surface area contributed by atoms with Crippen LogP contribution in [0.4, 0.5) is 0 Å². The van der Waals surface area contributed by atoms with Gasteiger partial charge in [-0.3, -0.25) is 14.4 Å². The van der Waals surface area contributed by atoms with E-state index in [2.05, 4.69) is 81.5 Å². The Bertz CT molecular complexity index is 991. The largest absolute Gasteiger partial charge is 0.462 e. The fourth-order valence-electron chi connectivity index (χ4n) is 5.74. The molecule has 0 rings (SSSR count). The lowest BCUT2D eigenvalue weighted by atomic mass is 10.1. The molecule has 53 heavy (non-hydrogen) atoms. The second-order valence-corrected chi connectivity index (χ2v) is 14.2. The Morgan fingerprint density at radius 3 is 1.21 bits per heavy atom. The molecule has 6 nitrogen and oxygen atoms in total. The molecule has 304 valence electrons. The highest BCUT2D eigenvalue weighted by atomic mass is 16.6. The van der Waals surface area contributed by atoms with E-state index in [1.54, 1.807) is 0 Å². The number of allylic oxidation sites excluding steroid dienone is 10. The first kappa shape index (κ1) is 50.1. The number of carbonyl (C=O) groups excluding carboxylic acids is 3. The van der Waals surface area contributed by atoms with Gasteiger partial charge < -0.3 is 14.2 Å². The molecule has 0 N–H and O–H groups in total. The Balaban J connectivity index is 4.43. The van der Waals surface area contributed by atoms with Crippen LogP contribution in [0.2, 0.25) is 0 Å². The third-order valence-corrected chi connectivity index (χ3v) is 8.99. The molecule has 0 aromatic rings. The Morgan fingerprint density at radius 2 is 0.736 bits per heavy atom. The molecule has 0 bridgehead atoms. The van der Waals surface area contributed by atoms with E-state index in [1.165, 1.54) is 44.9 Å². The van der Waals surface area contributed by atoms with Crippen molar-refractivity contribution in [3.8, 4) is 0 Å². The van der Waals surface area contributed by atoms with Crippen molar-refractivity contribution in [2.75, 3.05) is 13.2 Å². The average molecular weight is 741 g/mol. The zero-order valence-electron chi connectivity index (χ0n) is 34.5. The number of esters is 3. The predicted octanol–water partition coefficient (Wildman–Crippen LogP) is 13.7. The molecular formula is C47H80O6. The summed E-state index contributed by atoms with van der Waals surface area (Å²) >= 11 is 0. The Kier molecular flexibility index (Phi) is 39.6. The molecule has 6 heteroatoms. The van der Waals surface area contributed by atoms with Gasteiger partial charge in [-0.25, -0.2) is 0 Å². The third-order valence-electron chi connectivity index (χ3n) is 8.99. The van der Waals surface area contributed by atoms with Gasteiger partial charge in [-0.1, -0.05) is 146 Å². The van der Waals surface area contributed by atoms with Gasteiger partial charge in [0.05, 0.1) is 0 Å². The van der Waals surface area contributed by atoms with Crippen LogP contribution < -0.4 is 0 Å². The highest BCUT2D eigenvalue weighted by molar-refractivity contribution is 5.71. The van der Waals surface area contributed by atoms with Crippen LogP contribution in [0.3, 0.4) is 0 Å². The first-order valence-electron chi connectivity index (χ1n) is 21.8. The highest BCUT2D eigenvalue weighted by Gasteiger charge is 2.19. The lowest BCUT2D eigenvalue weighted by Gasteiger charge is -2.18. The topological polar surface area (TPSA) is 78.9 Å². The van der Waals surface area contributed by atoms with Gasteiger partial charge in [0.15, 0.2) is 6.10 Å². The van der Waals surface area contributed by atoms with Crippen molar-refractivity contribution in [3.63, 3.8) is 0 Å². The lowest BCUT2D eigenvalue weighted by Crippen LogP contribution is -2.30. The molecule has 0 saturated carbocycles. The van der Waals surface area contributed by atoms with Gasteiger partial charge >= 0.3 is 17.9 Å². The maximum Gasteiger partial charge on any atom is 0.306 e. The van der Waals surface area contributed by atoms with Crippen LogP contribution in [0.5, 0.6) is 0 Å². The minimum atomic E-state index is -0.796. The molecule has 0 spiro atoms. The Morgan fingerprint density at radius 1 is 0.396 bits per heavy atom. The third kappa shape index (κ3) is 40.1. The number of ether oxygens (including phenoxy) is 3. The van der Waals surface area contributed by atoms with E-state index in [0.29, 0.717) is 19.3 Å². The summed E-state index contributed by atoms with van der Waals surface area (Å²) in [5.74, 6) is -0.973. The molecule has 0 aliphatic carbocycles. The molecule has 0 aromatic carbocycles. The van der Waals surface area contributed by atoms with E-state index in [-0.39, 0.29) is 31.1 Å². The summed E-state index contributed by atoms with van der Waals surface area (Å²) in [4.78, 5) is 37.6. The van der Waals surface area contributed by atoms with Crippen molar-refractivity contribution >= 4 is 17.9 Å². The molecule has 0 aliphatic heterocycles. The van der Waals surface area contributed by atoms with Gasteiger partial charge in [0.2, 0.25) is 0 Å². The van der Waals surface area contributed by atoms with Crippen molar-refractivity contribution in [3.05, 3.63) is 60.8 Å². The standard InChI is InChI=1S/C47H80O6/c1-4-7-10-13-16-19-21-23-24-26-28-31-34-37-40-46(49)52-43-44(42-51-45(48)39-36-33-30-27-18-15-12-9-6-3)53-47(50)41-38-35-32-29-25-22-20-17-14-11-8-5-2/h8-9,11-12,17-18,20,24,26-27,44H,4-7,10,13-16,19,21-23,25,28-43H2,1-3H3/b11-8-,12-9-,20-17-,26-24-,27-18-. The first-order valence-corrected chi connectivity index (χ1v) is 21.8. The van der Waals surface area contributed by atoms with Crippen molar-refractivity contribution in [2.45, 2.75) is 207 Å². The summed E-state index contributed by atoms with van der Waals surface area (Å²) in [5, 5.41) is 0. The van der Waals surface area contributed by atoms with Crippen LogP contribution in [-0.2, 0) is 28.6 Å². The molecule has 0 aromatic heterocycles. The maximum absolute atomic E-state index is 12.7. The number of hydrogen-bond donors (Lipinski definition) is 0. The molecular weight excluding hydrogens is 661 g/mol. The summed E-state index contributed by atoms with van der Waals surface area (Å²) in [6, 6.07) is 0. The summed E-state index contributed by atoms with van der Waals surface area (Å²) in [7, 11) is 0. The van der Waals surface area contributed by atoms with E-state index in [4.69, 9.17) is 14.2 Å². The smallest absolute Gasteiger partial charge is 0.306 e. The van der Waals surface area contributed by atoms with Crippen LogP contribution in [0, 0.1) is 0 Å². The zero-order valence-corrected chi connectivity index (χ0v) is 34.5. The minimum Gasteiger partial charge on any atom is -0.462 e. The van der Waals surface area contributed by atoms with Crippen molar-refractivity contribution in [1.29, 1.82) is 0 Å². The van der Waals surface area contributed by atoms with E-state index in [9.17, 15) is 14.4 Å². The predicted molar refractivity (Wildman–Crippen MR) is 224 cm³/mol. The van der Waals surface area contributed by atoms with Crippen LogP contribution in [0.15, 0.2) is 60.8 Å². The first-order chi connectivity index (χ1) is 26.0. The molecule has 1 unspecified atom stereocenters. The van der Waals surface area contributed by atoms with Gasteiger partial charge in [0.25, 0.3) is 0 Å². The SMILES string of the molecule is CC/C=C\C/C=C\CCCCCCCC(=O)OC(COC(=O)CCCC/C=C\C/C=C\CC)COC(=O)CCCCC/C=C\CCCCCCCCC. The van der Waals surface area contributed by atoms with E-state index < -0.39 is 6.10 Å². The molecule has 0 radical (unpaired) electrons. The van der Waals surface area contributed by atoms with Crippen molar-refractivity contribution < 1.29 is 28.6 Å². The van der Waals surface area contributed by atoms with Gasteiger partial charge in [-0.05, 0) is 96.3 Å². The summed E-state index contributed by atoms with van der Waals surface area (Å²) in [6.45, 7) is 6.32. The molecule has 0 aliphatic rings. The van der Waals surface area contributed by atoms with E-state index >= 15 is 0 Å². The monoisotopic (exact) mass is 741 g/mol. The zero-order chi connectivity index (χ0) is 38.7. The quantitative estimate of drug-likeness (QED) is 0.0271. The summed E-state index contributed by atoms with van der Waals surface area (Å²) < 4.78 is 16.6. The summed E-state index contributed by atoms with van der Waals surface area (Å²) in [5.41, 5.74) is 0.